The van der Waals surface area contributed by atoms with Crippen LogP contribution in [0.3, 0.4) is 0 Å². The summed E-state index contributed by atoms with van der Waals surface area (Å²) >= 11 is 1.92. The summed E-state index contributed by atoms with van der Waals surface area (Å²) in [6.45, 7) is 7.36. The van der Waals surface area contributed by atoms with E-state index in [2.05, 4.69) is 26.1 Å². The van der Waals surface area contributed by atoms with Crippen LogP contribution < -0.4 is 10.1 Å². The molecule has 2 nitrogen and oxygen atoms in total. The molecule has 19 heavy (non-hydrogen) atoms. The Kier molecular flexibility index (Phi) is 7.24. The van der Waals surface area contributed by atoms with E-state index in [4.69, 9.17) is 4.74 Å². The Balaban J connectivity index is 2.77. The lowest BCUT2D eigenvalue weighted by Crippen LogP contribution is -2.23. The third-order valence-corrected chi connectivity index (χ3v) is 4.58. The van der Waals surface area contributed by atoms with Crippen molar-refractivity contribution in [1.82, 2.24) is 5.32 Å². The lowest BCUT2D eigenvalue weighted by molar-refractivity contribution is 0.385. The Morgan fingerprint density at radius 1 is 1.37 bits per heavy atom. The number of nitrogens with one attached hydrogen (secondary N) is 1. The van der Waals surface area contributed by atoms with Crippen molar-refractivity contribution >= 4 is 11.8 Å². The molecule has 1 N–H and O–H groups in total. The topological polar surface area (TPSA) is 21.3 Å². The Morgan fingerprint density at radius 3 is 2.63 bits per heavy atom. The Morgan fingerprint density at radius 2 is 2.11 bits per heavy atom. The second kappa shape index (κ2) is 8.43. The molecule has 0 saturated heterocycles. The molecule has 1 rings (SSSR count). The molecular weight excluding hydrogens is 261 g/mol. The van der Waals surface area contributed by atoms with E-state index in [0.717, 1.165) is 24.3 Å². The highest BCUT2D eigenvalue weighted by Crippen LogP contribution is 2.26. The molecule has 0 fully saturated rings. The van der Waals surface area contributed by atoms with Gasteiger partial charge >= 0.3 is 0 Å². The minimum Gasteiger partial charge on any atom is -0.494 e. The first-order valence-corrected chi connectivity index (χ1v) is 7.85. The Bertz CT molecular complexity index is 386. The summed E-state index contributed by atoms with van der Waals surface area (Å²) in [6, 6.07) is 5.39. The van der Waals surface area contributed by atoms with Crippen molar-refractivity contribution < 1.29 is 9.13 Å². The second-order valence-corrected chi connectivity index (χ2v) is 6.03. The molecule has 0 radical (unpaired) electrons. The number of benzene rings is 1. The van der Waals surface area contributed by atoms with Gasteiger partial charge in [-0.2, -0.15) is 11.8 Å². The highest BCUT2D eigenvalue weighted by molar-refractivity contribution is 7.99. The van der Waals surface area contributed by atoms with Crippen LogP contribution in [-0.2, 0) is 0 Å². The first-order valence-electron chi connectivity index (χ1n) is 6.80. The fourth-order valence-electron chi connectivity index (χ4n) is 1.80. The number of rotatable bonds is 8. The molecule has 0 aliphatic rings. The van der Waals surface area contributed by atoms with Crippen molar-refractivity contribution in [2.45, 2.75) is 38.5 Å². The van der Waals surface area contributed by atoms with Crippen molar-refractivity contribution in [3.05, 3.63) is 29.6 Å². The number of methoxy groups -OCH3 is 1. The van der Waals surface area contributed by atoms with Crippen LogP contribution >= 0.6 is 11.8 Å². The zero-order chi connectivity index (χ0) is 14.3. The summed E-state index contributed by atoms with van der Waals surface area (Å²) < 4.78 is 18.7. The van der Waals surface area contributed by atoms with E-state index in [0.29, 0.717) is 11.0 Å². The second-order valence-electron chi connectivity index (χ2n) is 4.56. The van der Waals surface area contributed by atoms with E-state index in [1.54, 1.807) is 12.1 Å². The molecule has 0 amide bonds. The minimum absolute atomic E-state index is 0.185. The SMILES string of the molecule is CCNC(CSC(C)CC)c1ccc(OC)c(F)c1. The van der Waals surface area contributed by atoms with Crippen molar-refractivity contribution in [3.63, 3.8) is 0 Å². The average molecular weight is 285 g/mol. The maximum atomic E-state index is 13.8. The Hall–Kier alpha value is -0.740. The zero-order valence-corrected chi connectivity index (χ0v) is 13.0. The van der Waals surface area contributed by atoms with Gasteiger partial charge in [0.15, 0.2) is 11.6 Å². The van der Waals surface area contributed by atoms with E-state index in [9.17, 15) is 4.39 Å². The van der Waals surface area contributed by atoms with Gasteiger partial charge in [0.05, 0.1) is 7.11 Å². The Labute approximate surface area is 120 Å². The number of ether oxygens (including phenoxy) is 1. The van der Waals surface area contributed by atoms with Gasteiger partial charge in [0, 0.05) is 17.0 Å². The standard InChI is InChI=1S/C15H24FNOS/c1-5-11(3)19-10-14(17-6-2)12-7-8-15(18-4)13(16)9-12/h7-9,11,14,17H,5-6,10H2,1-4H3. The molecule has 2 unspecified atom stereocenters. The van der Waals surface area contributed by atoms with Gasteiger partial charge in [-0.15, -0.1) is 0 Å². The van der Waals surface area contributed by atoms with Crippen LogP contribution in [-0.4, -0.2) is 24.7 Å². The predicted octanol–water partition coefficient (Wildman–Crippen LogP) is 4.02. The molecule has 0 heterocycles. The normalized spacial score (nSPS) is 14.2. The third kappa shape index (κ3) is 5.03. The third-order valence-electron chi connectivity index (χ3n) is 3.15. The minimum atomic E-state index is -0.295. The highest BCUT2D eigenvalue weighted by Gasteiger charge is 2.14. The van der Waals surface area contributed by atoms with Crippen LogP contribution in [0.2, 0.25) is 0 Å². The van der Waals surface area contributed by atoms with Gasteiger partial charge in [0.1, 0.15) is 0 Å². The van der Waals surface area contributed by atoms with E-state index in [1.165, 1.54) is 7.11 Å². The average Bonchev–Trinajstić information content (AvgIpc) is 2.42. The molecule has 0 aliphatic heterocycles. The van der Waals surface area contributed by atoms with Crippen LogP contribution in [0, 0.1) is 5.82 Å². The number of thioether (sulfide) groups is 1. The van der Waals surface area contributed by atoms with Gasteiger partial charge < -0.3 is 10.1 Å². The van der Waals surface area contributed by atoms with Crippen molar-refractivity contribution in [1.29, 1.82) is 0 Å². The maximum Gasteiger partial charge on any atom is 0.165 e. The number of hydrogen-bond acceptors (Lipinski definition) is 3. The summed E-state index contributed by atoms with van der Waals surface area (Å²) in [6.07, 6.45) is 1.15. The molecule has 2 atom stereocenters. The van der Waals surface area contributed by atoms with E-state index >= 15 is 0 Å². The van der Waals surface area contributed by atoms with Gasteiger partial charge in [0.25, 0.3) is 0 Å². The first-order chi connectivity index (χ1) is 9.12. The molecule has 0 spiro atoms. The van der Waals surface area contributed by atoms with Gasteiger partial charge in [-0.25, -0.2) is 4.39 Å². The smallest absolute Gasteiger partial charge is 0.165 e. The van der Waals surface area contributed by atoms with E-state index < -0.39 is 0 Å². The summed E-state index contributed by atoms with van der Waals surface area (Å²) in [5, 5.41) is 4.04. The van der Waals surface area contributed by atoms with Gasteiger partial charge in [0.2, 0.25) is 0 Å². The number of hydrogen-bond donors (Lipinski definition) is 1. The molecule has 1 aromatic rings. The molecule has 0 aromatic heterocycles. The maximum absolute atomic E-state index is 13.8. The van der Waals surface area contributed by atoms with Gasteiger partial charge in [-0.1, -0.05) is 26.8 Å². The monoisotopic (exact) mass is 285 g/mol. The van der Waals surface area contributed by atoms with E-state index in [-0.39, 0.29) is 11.9 Å². The van der Waals surface area contributed by atoms with Gasteiger partial charge in [-0.3, -0.25) is 0 Å². The highest BCUT2D eigenvalue weighted by atomic mass is 32.2. The van der Waals surface area contributed by atoms with Crippen LogP contribution in [0.5, 0.6) is 5.75 Å². The largest absolute Gasteiger partial charge is 0.494 e. The molecular formula is C15H24FNOS. The van der Waals surface area contributed by atoms with Crippen LogP contribution in [0.1, 0.15) is 38.8 Å². The van der Waals surface area contributed by atoms with Crippen LogP contribution in [0.4, 0.5) is 4.39 Å². The van der Waals surface area contributed by atoms with E-state index in [1.807, 2.05) is 17.8 Å². The molecule has 0 bridgehead atoms. The fourth-order valence-corrected chi connectivity index (χ4v) is 2.86. The van der Waals surface area contributed by atoms with Gasteiger partial charge in [-0.05, 0) is 30.7 Å². The fraction of sp³-hybridized carbons (Fsp3) is 0.600. The summed E-state index contributed by atoms with van der Waals surface area (Å²) in [5.74, 6) is 0.958. The van der Waals surface area contributed by atoms with Crippen LogP contribution in [0.15, 0.2) is 18.2 Å². The quantitative estimate of drug-likeness (QED) is 0.779. The zero-order valence-electron chi connectivity index (χ0n) is 12.2. The lowest BCUT2D eigenvalue weighted by Gasteiger charge is -2.20. The first kappa shape index (κ1) is 16.3. The van der Waals surface area contributed by atoms with Crippen LogP contribution in [0.25, 0.3) is 0 Å². The molecule has 4 heteroatoms. The van der Waals surface area contributed by atoms with Crippen molar-refractivity contribution in [3.8, 4) is 5.75 Å². The molecule has 1 aromatic carbocycles. The summed E-state index contributed by atoms with van der Waals surface area (Å²) in [5.41, 5.74) is 0.982. The summed E-state index contributed by atoms with van der Waals surface area (Å²) in [7, 11) is 1.48. The van der Waals surface area contributed by atoms with Crippen molar-refractivity contribution in [2.24, 2.45) is 0 Å². The predicted molar refractivity (Wildman–Crippen MR) is 81.6 cm³/mol. The molecule has 0 saturated carbocycles. The number of halogens is 1. The molecule has 108 valence electrons. The lowest BCUT2D eigenvalue weighted by atomic mass is 10.1. The summed E-state index contributed by atoms with van der Waals surface area (Å²) in [4.78, 5) is 0. The van der Waals surface area contributed by atoms with Crippen molar-refractivity contribution in [2.75, 3.05) is 19.4 Å². The molecule has 0 aliphatic carbocycles.